The zero-order chi connectivity index (χ0) is 9.42. The van der Waals surface area contributed by atoms with E-state index in [2.05, 4.69) is 10.3 Å². The van der Waals surface area contributed by atoms with E-state index < -0.39 is 11.4 Å². The van der Waals surface area contributed by atoms with E-state index in [0.717, 1.165) is 12.1 Å². The van der Waals surface area contributed by atoms with Crippen LogP contribution < -0.4 is 5.56 Å². The lowest BCUT2D eigenvalue weighted by atomic mass is 10.2. The predicted octanol–water partition coefficient (Wildman–Crippen LogP) is 0.168. The summed E-state index contributed by atoms with van der Waals surface area (Å²) < 4.78 is 12.6. The van der Waals surface area contributed by atoms with Gasteiger partial charge in [0.05, 0.1) is 5.39 Å². The van der Waals surface area contributed by atoms with Crippen molar-refractivity contribution < 1.29 is 9.60 Å². The van der Waals surface area contributed by atoms with Gasteiger partial charge < -0.3 is 5.21 Å². The van der Waals surface area contributed by atoms with Gasteiger partial charge in [-0.1, -0.05) is 0 Å². The number of hydrogen-bond acceptors (Lipinski definition) is 4. The van der Waals surface area contributed by atoms with E-state index in [0.29, 0.717) is 0 Å². The van der Waals surface area contributed by atoms with Gasteiger partial charge in [-0.3, -0.25) is 4.79 Å². The van der Waals surface area contributed by atoms with E-state index in [1.54, 1.807) is 0 Å². The molecule has 1 heterocycles. The van der Waals surface area contributed by atoms with E-state index in [1.807, 2.05) is 0 Å². The van der Waals surface area contributed by atoms with Gasteiger partial charge in [0.1, 0.15) is 11.3 Å². The van der Waals surface area contributed by atoms with E-state index in [-0.39, 0.29) is 15.7 Å². The Labute approximate surface area is 71.0 Å². The van der Waals surface area contributed by atoms with Gasteiger partial charge >= 0.3 is 5.56 Å². The Morgan fingerprint density at radius 2 is 2.23 bits per heavy atom. The maximum Gasteiger partial charge on any atom is 0.314 e. The lowest BCUT2D eigenvalue weighted by Gasteiger charge is -1.96. The smallest absolute Gasteiger partial charge is 0.314 e. The molecule has 0 aliphatic rings. The Hall–Kier alpha value is -1.98. The molecule has 0 radical (unpaired) electrons. The van der Waals surface area contributed by atoms with Crippen LogP contribution in [0.25, 0.3) is 10.9 Å². The summed E-state index contributed by atoms with van der Waals surface area (Å²) in [6.45, 7) is 0. The van der Waals surface area contributed by atoms with Crippen LogP contribution in [-0.2, 0) is 0 Å². The van der Waals surface area contributed by atoms with Gasteiger partial charge in [0, 0.05) is 6.07 Å². The second kappa shape index (κ2) is 2.51. The molecule has 0 saturated heterocycles. The molecule has 6 heteroatoms. The van der Waals surface area contributed by atoms with Crippen LogP contribution in [0.1, 0.15) is 0 Å². The Bertz CT molecular complexity index is 523. The summed E-state index contributed by atoms with van der Waals surface area (Å²) in [5, 5.41) is 15.5. The van der Waals surface area contributed by atoms with Gasteiger partial charge in [-0.25, -0.2) is 4.39 Å². The first-order chi connectivity index (χ1) is 6.18. The number of aromatic nitrogens is 3. The third-order valence-corrected chi connectivity index (χ3v) is 1.61. The maximum atomic E-state index is 12.6. The molecule has 1 aromatic heterocycles. The molecule has 66 valence electrons. The summed E-state index contributed by atoms with van der Waals surface area (Å²) in [4.78, 5) is 11.2. The van der Waals surface area contributed by atoms with E-state index in [4.69, 9.17) is 5.21 Å². The Morgan fingerprint density at radius 1 is 1.46 bits per heavy atom. The molecule has 0 unspecified atom stereocenters. The van der Waals surface area contributed by atoms with Gasteiger partial charge in [0.15, 0.2) is 0 Å². The molecular weight excluding hydrogens is 177 g/mol. The van der Waals surface area contributed by atoms with E-state index in [1.165, 1.54) is 6.07 Å². The van der Waals surface area contributed by atoms with Crippen LogP contribution >= 0.6 is 0 Å². The third-order valence-electron chi connectivity index (χ3n) is 1.61. The van der Waals surface area contributed by atoms with Gasteiger partial charge in [0.2, 0.25) is 0 Å². The van der Waals surface area contributed by atoms with Crippen molar-refractivity contribution in [2.45, 2.75) is 0 Å². The van der Waals surface area contributed by atoms with Crippen molar-refractivity contribution in [1.82, 2.24) is 15.2 Å². The number of benzene rings is 1. The largest absolute Gasteiger partial charge is 0.407 e. The highest BCUT2D eigenvalue weighted by atomic mass is 19.1. The fraction of sp³-hybridized carbons (Fsp3) is 0. The monoisotopic (exact) mass is 181 g/mol. The first-order valence-electron chi connectivity index (χ1n) is 3.43. The van der Waals surface area contributed by atoms with Crippen molar-refractivity contribution in [2.75, 3.05) is 0 Å². The molecule has 5 nitrogen and oxygen atoms in total. The van der Waals surface area contributed by atoms with E-state index >= 15 is 0 Å². The highest BCUT2D eigenvalue weighted by Gasteiger charge is 2.04. The third kappa shape index (κ3) is 1.12. The summed E-state index contributed by atoms with van der Waals surface area (Å²) in [7, 11) is 0. The minimum absolute atomic E-state index is 0.111. The number of nitrogens with zero attached hydrogens (tertiary/aromatic N) is 3. The molecule has 13 heavy (non-hydrogen) atoms. The van der Waals surface area contributed by atoms with Gasteiger partial charge in [-0.15, -0.1) is 5.10 Å². The standard InChI is InChI=1S/C7H4FN3O2/c8-4-1-2-5-6(3-4)9-10-11(13)7(5)12/h1-3,13H. The van der Waals surface area contributed by atoms with Gasteiger partial charge in [-0.05, 0) is 22.2 Å². The van der Waals surface area contributed by atoms with Crippen LogP contribution in [0.2, 0.25) is 0 Å². The SMILES string of the molecule is O=c1c2ccc(F)cc2nnn1O. The first kappa shape index (κ1) is 7.66. The number of halogens is 1. The molecule has 0 amide bonds. The second-order valence-electron chi connectivity index (χ2n) is 2.45. The lowest BCUT2D eigenvalue weighted by molar-refractivity contribution is 0.127. The highest BCUT2D eigenvalue weighted by Crippen LogP contribution is 2.06. The Morgan fingerprint density at radius 3 is 3.00 bits per heavy atom. The summed E-state index contributed by atoms with van der Waals surface area (Å²) in [5.74, 6) is -0.503. The number of hydrogen-bond donors (Lipinski definition) is 1. The number of rotatable bonds is 0. The zero-order valence-corrected chi connectivity index (χ0v) is 6.31. The molecule has 0 spiro atoms. The van der Waals surface area contributed by atoms with Crippen LogP contribution in [0.15, 0.2) is 23.0 Å². The Balaban J connectivity index is 2.95. The minimum atomic E-state index is -0.718. The lowest BCUT2D eigenvalue weighted by Crippen LogP contribution is -2.21. The minimum Gasteiger partial charge on any atom is -0.407 e. The quantitative estimate of drug-likeness (QED) is 0.588. The average Bonchev–Trinajstić information content (AvgIpc) is 2.12. The molecule has 0 aliphatic heterocycles. The van der Waals surface area contributed by atoms with Crippen molar-refractivity contribution in [3.8, 4) is 0 Å². The summed E-state index contributed by atoms with van der Waals surface area (Å²) in [6.07, 6.45) is 0. The van der Waals surface area contributed by atoms with Crippen LogP contribution in [0, 0.1) is 5.82 Å². The molecule has 0 aliphatic carbocycles. The fourth-order valence-corrected chi connectivity index (χ4v) is 1.01. The summed E-state index contributed by atoms with van der Waals surface area (Å²) >= 11 is 0. The summed E-state index contributed by atoms with van der Waals surface area (Å²) in [5.41, 5.74) is -0.597. The maximum absolute atomic E-state index is 12.6. The van der Waals surface area contributed by atoms with Gasteiger partial charge in [0.25, 0.3) is 0 Å². The highest BCUT2D eigenvalue weighted by molar-refractivity contribution is 5.76. The molecule has 0 fully saturated rings. The molecule has 0 saturated carbocycles. The fourth-order valence-electron chi connectivity index (χ4n) is 1.01. The average molecular weight is 181 g/mol. The van der Waals surface area contributed by atoms with Crippen molar-refractivity contribution in [3.63, 3.8) is 0 Å². The molecule has 0 atom stereocenters. The molecule has 2 rings (SSSR count). The molecule has 1 N–H and O–H groups in total. The van der Waals surface area contributed by atoms with Crippen molar-refractivity contribution in [2.24, 2.45) is 0 Å². The van der Waals surface area contributed by atoms with E-state index in [9.17, 15) is 9.18 Å². The molecular formula is C7H4FN3O2. The molecule has 1 aromatic carbocycles. The van der Waals surface area contributed by atoms with Crippen LogP contribution in [0.3, 0.4) is 0 Å². The van der Waals surface area contributed by atoms with Crippen LogP contribution in [0.4, 0.5) is 4.39 Å². The molecule has 2 aromatic rings. The van der Waals surface area contributed by atoms with Crippen LogP contribution in [0.5, 0.6) is 0 Å². The second-order valence-corrected chi connectivity index (χ2v) is 2.45. The zero-order valence-electron chi connectivity index (χ0n) is 6.31. The first-order valence-corrected chi connectivity index (χ1v) is 3.43. The molecule has 0 bridgehead atoms. The van der Waals surface area contributed by atoms with Gasteiger partial charge in [-0.2, -0.15) is 0 Å². The van der Waals surface area contributed by atoms with Crippen molar-refractivity contribution >= 4 is 10.9 Å². The van der Waals surface area contributed by atoms with Crippen molar-refractivity contribution in [3.05, 3.63) is 34.4 Å². The summed E-state index contributed by atoms with van der Waals surface area (Å²) in [6, 6.07) is 3.43. The number of fused-ring (bicyclic) bond motifs is 1. The topological polar surface area (TPSA) is 68.0 Å². The van der Waals surface area contributed by atoms with Crippen molar-refractivity contribution in [1.29, 1.82) is 0 Å². The normalized spacial score (nSPS) is 10.5. The van der Waals surface area contributed by atoms with Crippen LogP contribution in [-0.4, -0.2) is 20.4 Å². The predicted molar refractivity (Wildman–Crippen MR) is 40.9 cm³/mol. The Kier molecular flexibility index (Phi) is 1.48.